The molecule has 92 valence electrons. The summed E-state index contributed by atoms with van der Waals surface area (Å²) >= 11 is 0. The summed E-state index contributed by atoms with van der Waals surface area (Å²) < 4.78 is 10.4. The van der Waals surface area contributed by atoms with Crippen LogP contribution >= 0.6 is 0 Å². The number of aliphatic carboxylic acids is 1. The molecule has 4 nitrogen and oxygen atoms in total. The van der Waals surface area contributed by atoms with Gasteiger partial charge in [-0.25, -0.2) is 4.79 Å². The Morgan fingerprint density at radius 2 is 1.88 bits per heavy atom. The second-order valence-electron chi connectivity index (χ2n) is 3.37. The standard InChI is InChI=1S/C13H16O4/c1-3-10(13(14)15)8-9-17-12-6-4-11(16-2)5-7-12/h4-8H,3,9H2,1-2H3,(H,14,15). The third-order valence-electron chi connectivity index (χ3n) is 2.29. The molecule has 1 rings (SSSR count). The van der Waals surface area contributed by atoms with Gasteiger partial charge in [-0.1, -0.05) is 6.92 Å². The molecule has 4 heteroatoms. The highest BCUT2D eigenvalue weighted by Crippen LogP contribution is 2.17. The van der Waals surface area contributed by atoms with Crippen molar-refractivity contribution in [3.63, 3.8) is 0 Å². The van der Waals surface area contributed by atoms with Gasteiger partial charge in [0.1, 0.15) is 18.1 Å². The number of carboxylic acid groups (broad SMARTS) is 1. The van der Waals surface area contributed by atoms with Crippen LogP contribution in [-0.2, 0) is 4.79 Å². The van der Waals surface area contributed by atoms with E-state index in [2.05, 4.69) is 0 Å². The van der Waals surface area contributed by atoms with Gasteiger partial charge in [0.05, 0.1) is 7.11 Å². The number of methoxy groups -OCH3 is 1. The van der Waals surface area contributed by atoms with Crippen molar-refractivity contribution in [3.8, 4) is 11.5 Å². The molecule has 0 aromatic heterocycles. The van der Waals surface area contributed by atoms with Crippen LogP contribution in [0.2, 0.25) is 0 Å². The third-order valence-corrected chi connectivity index (χ3v) is 2.29. The molecular weight excluding hydrogens is 220 g/mol. The summed E-state index contributed by atoms with van der Waals surface area (Å²) in [6.45, 7) is 2.05. The molecule has 0 fully saturated rings. The molecule has 0 aliphatic carbocycles. The normalized spacial score (nSPS) is 11.1. The maximum Gasteiger partial charge on any atom is 0.331 e. The summed E-state index contributed by atoms with van der Waals surface area (Å²) in [6.07, 6.45) is 2.06. The van der Waals surface area contributed by atoms with E-state index in [1.165, 1.54) is 0 Å². The van der Waals surface area contributed by atoms with Gasteiger partial charge < -0.3 is 14.6 Å². The summed E-state index contributed by atoms with van der Waals surface area (Å²) in [5, 5.41) is 8.80. The zero-order chi connectivity index (χ0) is 12.7. The summed E-state index contributed by atoms with van der Waals surface area (Å²) in [6, 6.07) is 7.13. The van der Waals surface area contributed by atoms with E-state index in [0.29, 0.717) is 17.7 Å². The Bertz CT molecular complexity index is 392. The van der Waals surface area contributed by atoms with Crippen LogP contribution in [-0.4, -0.2) is 24.8 Å². The van der Waals surface area contributed by atoms with Crippen molar-refractivity contribution in [2.45, 2.75) is 13.3 Å². The smallest absolute Gasteiger partial charge is 0.331 e. The van der Waals surface area contributed by atoms with Crippen LogP contribution in [0, 0.1) is 0 Å². The van der Waals surface area contributed by atoms with E-state index < -0.39 is 5.97 Å². The van der Waals surface area contributed by atoms with E-state index in [0.717, 1.165) is 5.75 Å². The van der Waals surface area contributed by atoms with Crippen LogP contribution in [0.15, 0.2) is 35.9 Å². The van der Waals surface area contributed by atoms with E-state index in [1.807, 2.05) is 0 Å². The topological polar surface area (TPSA) is 55.8 Å². The van der Waals surface area contributed by atoms with E-state index in [-0.39, 0.29) is 6.61 Å². The fourth-order valence-corrected chi connectivity index (χ4v) is 1.29. The van der Waals surface area contributed by atoms with Crippen LogP contribution in [0.1, 0.15) is 13.3 Å². The lowest BCUT2D eigenvalue weighted by atomic mass is 10.2. The Morgan fingerprint density at radius 1 is 1.29 bits per heavy atom. The fourth-order valence-electron chi connectivity index (χ4n) is 1.29. The quantitative estimate of drug-likeness (QED) is 0.771. The molecule has 1 aromatic rings. The van der Waals surface area contributed by atoms with Gasteiger partial charge in [0.15, 0.2) is 0 Å². The van der Waals surface area contributed by atoms with E-state index >= 15 is 0 Å². The lowest BCUT2D eigenvalue weighted by Gasteiger charge is -2.05. The molecule has 1 N–H and O–H groups in total. The minimum absolute atomic E-state index is 0.252. The molecule has 0 bridgehead atoms. The molecule has 0 saturated carbocycles. The van der Waals surface area contributed by atoms with Gasteiger partial charge in [-0.2, -0.15) is 0 Å². The summed E-state index contributed by atoms with van der Waals surface area (Å²) in [5.74, 6) is 0.543. The van der Waals surface area contributed by atoms with Crippen molar-refractivity contribution in [2.24, 2.45) is 0 Å². The van der Waals surface area contributed by atoms with Crippen molar-refractivity contribution >= 4 is 5.97 Å². The largest absolute Gasteiger partial charge is 0.497 e. The monoisotopic (exact) mass is 236 g/mol. The second kappa shape index (κ2) is 6.58. The van der Waals surface area contributed by atoms with E-state index in [1.54, 1.807) is 44.4 Å². The molecule has 0 amide bonds. The number of hydrogen-bond donors (Lipinski definition) is 1. The second-order valence-corrected chi connectivity index (χ2v) is 3.37. The zero-order valence-corrected chi connectivity index (χ0v) is 9.97. The van der Waals surface area contributed by atoms with Crippen LogP contribution in [0.3, 0.4) is 0 Å². The van der Waals surface area contributed by atoms with Crippen LogP contribution in [0.5, 0.6) is 11.5 Å². The molecule has 0 spiro atoms. The number of hydrogen-bond acceptors (Lipinski definition) is 3. The van der Waals surface area contributed by atoms with Crippen molar-refractivity contribution in [1.29, 1.82) is 0 Å². The van der Waals surface area contributed by atoms with Crippen molar-refractivity contribution in [3.05, 3.63) is 35.9 Å². The first-order valence-corrected chi connectivity index (χ1v) is 5.36. The summed E-state index contributed by atoms with van der Waals surface area (Å²) in [4.78, 5) is 10.7. The van der Waals surface area contributed by atoms with Gasteiger partial charge >= 0.3 is 5.97 Å². The van der Waals surface area contributed by atoms with Gasteiger partial charge in [0, 0.05) is 5.57 Å². The molecule has 0 atom stereocenters. The van der Waals surface area contributed by atoms with E-state index in [9.17, 15) is 4.79 Å². The highest BCUT2D eigenvalue weighted by atomic mass is 16.5. The summed E-state index contributed by atoms with van der Waals surface area (Å²) in [7, 11) is 1.60. The summed E-state index contributed by atoms with van der Waals surface area (Å²) in [5.41, 5.74) is 0.360. The van der Waals surface area contributed by atoms with Gasteiger partial charge in [-0.15, -0.1) is 0 Å². The molecule has 0 unspecified atom stereocenters. The van der Waals surface area contributed by atoms with E-state index in [4.69, 9.17) is 14.6 Å². The maximum atomic E-state index is 10.7. The van der Waals surface area contributed by atoms with Crippen LogP contribution < -0.4 is 9.47 Å². The first-order chi connectivity index (χ1) is 8.17. The Balaban J connectivity index is 2.52. The van der Waals surface area contributed by atoms with Gasteiger partial charge in [0.25, 0.3) is 0 Å². The SMILES string of the molecule is CCC(=CCOc1ccc(OC)cc1)C(=O)O. The predicted octanol–water partition coefficient (Wildman–Crippen LogP) is 2.50. The number of carboxylic acids is 1. The number of ether oxygens (including phenoxy) is 2. The Morgan fingerprint density at radius 3 is 2.35 bits per heavy atom. The molecule has 0 saturated heterocycles. The number of benzene rings is 1. The minimum Gasteiger partial charge on any atom is -0.497 e. The van der Waals surface area contributed by atoms with Crippen molar-refractivity contribution < 1.29 is 19.4 Å². The Labute approximate surface area is 100 Å². The van der Waals surface area contributed by atoms with Gasteiger partial charge in [-0.3, -0.25) is 0 Å². The molecule has 0 aliphatic rings. The number of rotatable bonds is 6. The van der Waals surface area contributed by atoms with Gasteiger partial charge in [-0.05, 0) is 36.8 Å². The Hall–Kier alpha value is -1.97. The third kappa shape index (κ3) is 4.18. The zero-order valence-electron chi connectivity index (χ0n) is 9.97. The first kappa shape index (κ1) is 13.1. The van der Waals surface area contributed by atoms with Crippen LogP contribution in [0.4, 0.5) is 0 Å². The lowest BCUT2D eigenvalue weighted by molar-refractivity contribution is -0.132. The molecule has 0 heterocycles. The number of carbonyl (C=O) groups is 1. The highest BCUT2D eigenvalue weighted by molar-refractivity contribution is 5.86. The molecule has 17 heavy (non-hydrogen) atoms. The van der Waals surface area contributed by atoms with Crippen molar-refractivity contribution in [2.75, 3.05) is 13.7 Å². The van der Waals surface area contributed by atoms with Gasteiger partial charge in [0.2, 0.25) is 0 Å². The molecule has 1 aromatic carbocycles. The maximum absolute atomic E-state index is 10.7. The Kier molecular flexibility index (Phi) is 5.07. The van der Waals surface area contributed by atoms with Crippen molar-refractivity contribution in [1.82, 2.24) is 0 Å². The van der Waals surface area contributed by atoms with Crippen LogP contribution in [0.25, 0.3) is 0 Å². The highest BCUT2D eigenvalue weighted by Gasteiger charge is 2.03. The predicted molar refractivity (Wildman–Crippen MR) is 64.5 cm³/mol. The fraction of sp³-hybridized carbons (Fsp3) is 0.308. The average Bonchev–Trinajstić information content (AvgIpc) is 2.35. The minimum atomic E-state index is -0.897. The first-order valence-electron chi connectivity index (χ1n) is 5.36. The lowest BCUT2D eigenvalue weighted by Crippen LogP contribution is -2.02. The molecule has 0 aliphatic heterocycles. The molecule has 0 radical (unpaired) electrons. The molecular formula is C13H16O4. The average molecular weight is 236 g/mol.